The Balaban J connectivity index is 1.93. The van der Waals surface area contributed by atoms with E-state index in [1.54, 1.807) is 0 Å². The Morgan fingerprint density at radius 1 is 1.24 bits per heavy atom. The summed E-state index contributed by atoms with van der Waals surface area (Å²) in [7, 11) is 1.86. The molecule has 0 radical (unpaired) electrons. The van der Waals surface area contributed by atoms with Crippen molar-refractivity contribution in [1.82, 2.24) is 10.6 Å². The highest BCUT2D eigenvalue weighted by molar-refractivity contribution is 8.00. The van der Waals surface area contributed by atoms with Crippen LogP contribution in [0.25, 0.3) is 0 Å². The van der Waals surface area contributed by atoms with Gasteiger partial charge in [-0.3, -0.25) is 4.99 Å². The predicted octanol–water partition coefficient (Wildman–Crippen LogP) is 3.05. The van der Waals surface area contributed by atoms with Gasteiger partial charge in [0.25, 0.3) is 0 Å². The van der Waals surface area contributed by atoms with E-state index in [0.717, 1.165) is 64.4 Å². The summed E-state index contributed by atoms with van der Waals surface area (Å²) in [6.45, 7) is 10.1. The van der Waals surface area contributed by atoms with E-state index in [4.69, 9.17) is 9.47 Å². The quantitative estimate of drug-likeness (QED) is 0.507. The standard InChI is InChI=1S/C19H37N3O2S/c1-6-19(7-2)15(13-16(19)24-8-3)22-17(20-4)21-14-18(25-5)9-11-23-12-10-18/h15-16H,6-14H2,1-5H3,(H2,20,21,22). The lowest BCUT2D eigenvalue weighted by atomic mass is 9.58. The highest BCUT2D eigenvalue weighted by Gasteiger charge is 2.53. The van der Waals surface area contributed by atoms with Gasteiger partial charge in [-0.1, -0.05) is 13.8 Å². The maximum Gasteiger partial charge on any atom is 0.191 e. The fourth-order valence-corrected chi connectivity index (χ4v) is 5.18. The number of hydrogen-bond acceptors (Lipinski definition) is 4. The molecule has 0 aromatic rings. The van der Waals surface area contributed by atoms with Gasteiger partial charge in [0.1, 0.15) is 0 Å². The van der Waals surface area contributed by atoms with Gasteiger partial charge < -0.3 is 20.1 Å². The lowest BCUT2D eigenvalue weighted by molar-refractivity contribution is -0.133. The van der Waals surface area contributed by atoms with Crippen LogP contribution in [0, 0.1) is 5.41 Å². The fraction of sp³-hybridized carbons (Fsp3) is 0.947. The highest BCUT2D eigenvalue weighted by Crippen LogP contribution is 2.48. The molecule has 0 spiro atoms. The number of ether oxygens (including phenoxy) is 2. The number of nitrogens with one attached hydrogen (secondary N) is 2. The first-order chi connectivity index (χ1) is 12.1. The molecule has 1 heterocycles. The molecular weight excluding hydrogens is 334 g/mol. The summed E-state index contributed by atoms with van der Waals surface area (Å²) in [6, 6.07) is 0.435. The molecule has 1 aliphatic carbocycles. The minimum absolute atomic E-state index is 0.226. The van der Waals surface area contributed by atoms with Gasteiger partial charge in [-0.15, -0.1) is 0 Å². The lowest BCUT2D eigenvalue weighted by Crippen LogP contribution is -2.66. The average molecular weight is 372 g/mol. The van der Waals surface area contributed by atoms with Crippen molar-refractivity contribution < 1.29 is 9.47 Å². The SMILES string of the molecule is CCOC1CC(NC(=NC)NCC2(SC)CCOCC2)C1(CC)CC. The molecule has 0 aromatic carbocycles. The molecule has 1 saturated heterocycles. The van der Waals surface area contributed by atoms with Crippen molar-refractivity contribution in [2.75, 3.05) is 39.7 Å². The van der Waals surface area contributed by atoms with E-state index in [2.05, 4.69) is 42.7 Å². The van der Waals surface area contributed by atoms with E-state index in [9.17, 15) is 0 Å². The zero-order valence-corrected chi connectivity index (χ0v) is 17.5. The van der Waals surface area contributed by atoms with Gasteiger partial charge in [0.05, 0.1) is 6.10 Å². The van der Waals surface area contributed by atoms with Crippen molar-refractivity contribution in [3.8, 4) is 0 Å². The normalized spacial score (nSPS) is 28.3. The Labute approximate surface area is 158 Å². The van der Waals surface area contributed by atoms with E-state index in [-0.39, 0.29) is 10.2 Å². The molecule has 6 heteroatoms. The van der Waals surface area contributed by atoms with Crippen molar-refractivity contribution >= 4 is 17.7 Å². The average Bonchev–Trinajstić information content (AvgIpc) is 2.65. The van der Waals surface area contributed by atoms with Gasteiger partial charge in [0, 0.05) is 49.6 Å². The molecule has 1 saturated carbocycles. The Kier molecular flexibility index (Phi) is 7.90. The van der Waals surface area contributed by atoms with Crippen molar-refractivity contribution in [2.24, 2.45) is 10.4 Å². The van der Waals surface area contributed by atoms with Gasteiger partial charge in [-0.05, 0) is 45.3 Å². The third-order valence-electron chi connectivity index (χ3n) is 6.42. The molecule has 5 nitrogen and oxygen atoms in total. The van der Waals surface area contributed by atoms with E-state index >= 15 is 0 Å². The Morgan fingerprint density at radius 3 is 2.44 bits per heavy atom. The highest BCUT2D eigenvalue weighted by atomic mass is 32.2. The first-order valence-corrected chi connectivity index (χ1v) is 11.0. The zero-order chi connectivity index (χ0) is 18.3. The summed E-state index contributed by atoms with van der Waals surface area (Å²) in [5, 5.41) is 7.27. The fourth-order valence-electron chi connectivity index (χ4n) is 4.38. The third kappa shape index (κ3) is 4.45. The molecule has 0 bridgehead atoms. The second-order valence-electron chi connectivity index (χ2n) is 7.24. The number of rotatable bonds is 8. The van der Waals surface area contributed by atoms with Crippen LogP contribution in [-0.2, 0) is 9.47 Å². The first kappa shape index (κ1) is 20.8. The minimum Gasteiger partial charge on any atom is -0.381 e. The van der Waals surface area contributed by atoms with Gasteiger partial charge in [-0.2, -0.15) is 11.8 Å². The molecule has 2 fully saturated rings. The molecule has 1 aliphatic heterocycles. The monoisotopic (exact) mass is 371 g/mol. The Bertz CT molecular complexity index is 434. The van der Waals surface area contributed by atoms with Crippen LogP contribution >= 0.6 is 11.8 Å². The molecule has 0 aromatic heterocycles. The van der Waals surface area contributed by atoms with E-state index in [0.29, 0.717) is 12.1 Å². The largest absolute Gasteiger partial charge is 0.381 e. The van der Waals surface area contributed by atoms with Gasteiger partial charge >= 0.3 is 0 Å². The second-order valence-corrected chi connectivity index (χ2v) is 8.52. The maximum absolute atomic E-state index is 5.99. The number of guanidine groups is 1. The summed E-state index contributed by atoms with van der Waals surface area (Å²) < 4.78 is 11.8. The number of hydrogen-bond donors (Lipinski definition) is 2. The molecule has 2 aliphatic rings. The first-order valence-electron chi connectivity index (χ1n) is 9.81. The smallest absolute Gasteiger partial charge is 0.191 e. The number of thioether (sulfide) groups is 1. The molecular formula is C19H37N3O2S. The van der Waals surface area contributed by atoms with Crippen LogP contribution in [0.5, 0.6) is 0 Å². The Hall–Kier alpha value is -0.460. The van der Waals surface area contributed by atoms with Crippen LogP contribution in [0.15, 0.2) is 4.99 Å². The maximum atomic E-state index is 5.99. The predicted molar refractivity (Wildman–Crippen MR) is 108 cm³/mol. The summed E-state index contributed by atoms with van der Waals surface area (Å²) in [5.41, 5.74) is 0.226. The molecule has 2 unspecified atom stereocenters. The summed E-state index contributed by atoms with van der Waals surface area (Å²) >= 11 is 1.95. The molecule has 2 rings (SSSR count). The van der Waals surface area contributed by atoms with E-state index in [1.165, 1.54) is 0 Å². The van der Waals surface area contributed by atoms with Crippen LogP contribution in [0.2, 0.25) is 0 Å². The lowest BCUT2D eigenvalue weighted by Gasteiger charge is -2.55. The molecule has 2 atom stereocenters. The van der Waals surface area contributed by atoms with Crippen LogP contribution in [0.3, 0.4) is 0 Å². The zero-order valence-electron chi connectivity index (χ0n) is 16.7. The topological polar surface area (TPSA) is 54.9 Å². The van der Waals surface area contributed by atoms with Crippen molar-refractivity contribution in [3.05, 3.63) is 0 Å². The van der Waals surface area contributed by atoms with Crippen molar-refractivity contribution in [1.29, 1.82) is 0 Å². The van der Waals surface area contributed by atoms with Gasteiger partial charge in [-0.25, -0.2) is 0 Å². The summed E-state index contributed by atoms with van der Waals surface area (Å²) in [6.07, 6.45) is 8.11. The summed E-state index contributed by atoms with van der Waals surface area (Å²) in [4.78, 5) is 4.48. The molecule has 146 valence electrons. The van der Waals surface area contributed by atoms with Crippen LogP contribution in [0.1, 0.15) is 52.9 Å². The molecule has 25 heavy (non-hydrogen) atoms. The van der Waals surface area contributed by atoms with Crippen LogP contribution in [0.4, 0.5) is 0 Å². The van der Waals surface area contributed by atoms with Crippen molar-refractivity contribution in [2.45, 2.75) is 69.8 Å². The van der Waals surface area contributed by atoms with Gasteiger partial charge in [0.2, 0.25) is 0 Å². The van der Waals surface area contributed by atoms with Crippen LogP contribution in [-0.4, -0.2) is 62.5 Å². The summed E-state index contributed by atoms with van der Waals surface area (Å²) in [5.74, 6) is 0.922. The van der Waals surface area contributed by atoms with Crippen molar-refractivity contribution in [3.63, 3.8) is 0 Å². The Morgan fingerprint density at radius 2 is 1.92 bits per heavy atom. The van der Waals surface area contributed by atoms with E-state index < -0.39 is 0 Å². The molecule has 2 N–H and O–H groups in total. The minimum atomic E-state index is 0.226. The molecule has 0 amide bonds. The number of nitrogens with zero attached hydrogens (tertiary/aromatic N) is 1. The van der Waals surface area contributed by atoms with Gasteiger partial charge in [0.15, 0.2) is 5.96 Å². The van der Waals surface area contributed by atoms with E-state index in [1.807, 2.05) is 18.8 Å². The third-order valence-corrected chi connectivity index (χ3v) is 7.84. The number of aliphatic imine (C=N–C) groups is 1. The second kappa shape index (κ2) is 9.47. The van der Waals surface area contributed by atoms with Crippen LogP contribution < -0.4 is 10.6 Å².